The van der Waals surface area contributed by atoms with Crippen molar-refractivity contribution in [3.8, 4) is 11.5 Å². The SMILES string of the molecule is Fc1ccc(O[C@H]2C[C@H](NCc3c(F)ccc4cnccc34)C2)cc1OC(F)F. The van der Waals surface area contributed by atoms with Crippen LogP contribution in [0.25, 0.3) is 10.8 Å². The number of alkyl halides is 2. The summed E-state index contributed by atoms with van der Waals surface area (Å²) in [6, 6.07) is 8.56. The number of rotatable bonds is 7. The molecule has 0 bridgehead atoms. The van der Waals surface area contributed by atoms with Gasteiger partial charge in [-0.15, -0.1) is 0 Å². The van der Waals surface area contributed by atoms with Crippen molar-refractivity contribution < 1.29 is 27.0 Å². The van der Waals surface area contributed by atoms with Crippen molar-refractivity contribution in [3.63, 3.8) is 0 Å². The third-order valence-electron chi connectivity index (χ3n) is 4.96. The summed E-state index contributed by atoms with van der Waals surface area (Å²) in [5.74, 6) is -1.44. The summed E-state index contributed by atoms with van der Waals surface area (Å²) in [5, 5.41) is 5.00. The first-order valence-corrected chi connectivity index (χ1v) is 9.15. The molecule has 0 radical (unpaired) electrons. The van der Waals surface area contributed by atoms with E-state index in [4.69, 9.17) is 4.74 Å². The zero-order valence-electron chi connectivity index (χ0n) is 15.2. The molecule has 0 unspecified atom stereocenters. The maximum atomic E-state index is 14.2. The van der Waals surface area contributed by atoms with Crippen LogP contribution in [-0.2, 0) is 6.54 Å². The number of nitrogens with one attached hydrogen (secondary N) is 1. The van der Waals surface area contributed by atoms with Crippen LogP contribution >= 0.6 is 0 Å². The summed E-state index contributed by atoms with van der Waals surface area (Å²) < 4.78 is 62.1. The number of fused-ring (bicyclic) bond motifs is 1. The lowest BCUT2D eigenvalue weighted by Crippen LogP contribution is -2.46. The van der Waals surface area contributed by atoms with Gasteiger partial charge in [0.05, 0.1) is 0 Å². The maximum Gasteiger partial charge on any atom is 0.387 e. The van der Waals surface area contributed by atoms with E-state index in [1.165, 1.54) is 12.1 Å². The fourth-order valence-electron chi connectivity index (χ4n) is 3.40. The van der Waals surface area contributed by atoms with Gasteiger partial charge < -0.3 is 14.8 Å². The molecule has 0 saturated heterocycles. The van der Waals surface area contributed by atoms with Crippen molar-refractivity contribution in [3.05, 3.63) is 66.0 Å². The maximum absolute atomic E-state index is 14.2. The summed E-state index contributed by atoms with van der Waals surface area (Å²) in [4.78, 5) is 4.05. The zero-order chi connectivity index (χ0) is 20.4. The van der Waals surface area contributed by atoms with Crippen LogP contribution in [0.1, 0.15) is 18.4 Å². The summed E-state index contributed by atoms with van der Waals surface area (Å²) in [7, 11) is 0. The van der Waals surface area contributed by atoms with Gasteiger partial charge in [0.2, 0.25) is 0 Å². The van der Waals surface area contributed by atoms with Crippen LogP contribution in [0.3, 0.4) is 0 Å². The first-order valence-electron chi connectivity index (χ1n) is 9.15. The highest BCUT2D eigenvalue weighted by Gasteiger charge is 2.31. The van der Waals surface area contributed by atoms with E-state index in [1.807, 2.05) is 0 Å². The topological polar surface area (TPSA) is 43.4 Å². The van der Waals surface area contributed by atoms with Gasteiger partial charge in [0.25, 0.3) is 0 Å². The minimum Gasteiger partial charge on any atom is -0.490 e. The minimum atomic E-state index is -3.11. The third-order valence-corrected chi connectivity index (χ3v) is 4.96. The van der Waals surface area contributed by atoms with Crippen molar-refractivity contribution in [1.82, 2.24) is 10.3 Å². The van der Waals surface area contributed by atoms with E-state index in [9.17, 15) is 17.6 Å². The second-order valence-electron chi connectivity index (χ2n) is 6.88. The fourth-order valence-corrected chi connectivity index (χ4v) is 3.40. The zero-order valence-corrected chi connectivity index (χ0v) is 15.2. The highest BCUT2D eigenvalue weighted by atomic mass is 19.3. The van der Waals surface area contributed by atoms with Crippen molar-refractivity contribution in [2.24, 2.45) is 0 Å². The second-order valence-corrected chi connectivity index (χ2v) is 6.88. The van der Waals surface area contributed by atoms with Gasteiger partial charge in [0.15, 0.2) is 11.6 Å². The molecule has 0 spiro atoms. The molecule has 4 rings (SSSR count). The molecular weight excluding hydrogens is 388 g/mol. The number of hydrogen-bond acceptors (Lipinski definition) is 4. The molecule has 0 amide bonds. The van der Waals surface area contributed by atoms with Crippen molar-refractivity contribution in [2.45, 2.75) is 38.1 Å². The first kappa shape index (κ1) is 19.4. The minimum absolute atomic E-state index is 0.133. The number of ether oxygens (including phenoxy) is 2. The quantitative estimate of drug-likeness (QED) is 0.572. The summed E-state index contributed by atoms with van der Waals surface area (Å²) in [5.41, 5.74) is 0.585. The summed E-state index contributed by atoms with van der Waals surface area (Å²) in [6.07, 6.45) is 4.51. The lowest BCUT2D eigenvalue weighted by atomic mass is 9.89. The average molecular weight is 406 g/mol. The molecule has 8 heteroatoms. The smallest absolute Gasteiger partial charge is 0.387 e. The molecule has 0 aliphatic heterocycles. The number of benzene rings is 2. The molecule has 1 aromatic heterocycles. The van der Waals surface area contributed by atoms with Crippen LogP contribution in [0.5, 0.6) is 11.5 Å². The molecule has 152 valence electrons. The average Bonchev–Trinajstić information content (AvgIpc) is 2.66. The van der Waals surface area contributed by atoms with Gasteiger partial charge in [-0.05, 0) is 48.6 Å². The van der Waals surface area contributed by atoms with Gasteiger partial charge in [0.1, 0.15) is 17.7 Å². The molecule has 3 aromatic rings. The van der Waals surface area contributed by atoms with Crippen molar-refractivity contribution in [2.75, 3.05) is 0 Å². The summed E-state index contributed by atoms with van der Waals surface area (Å²) >= 11 is 0. The lowest BCUT2D eigenvalue weighted by molar-refractivity contribution is -0.0524. The Morgan fingerprint density at radius 3 is 2.66 bits per heavy atom. The molecule has 1 N–H and O–H groups in total. The largest absolute Gasteiger partial charge is 0.490 e. The monoisotopic (exact) mass is 406 g/mol. The molecule has 1 saturated carbocycles. The van der Waals surface area contributed by atoms with Gasteiger partial charge in [-0.2, -0.15) is 8.78 Å². The van der Waals surface area contributed by atoms with E-state index < -0.39 is 18.2 Å². The van der Waals surface area contributed by atoms with Crippen LogP contribution in [-0.4, -0.2) is 23.7 Å². The van der Waals surface area contributed by atoms with E-state index in [0.717, 1.165) is 22.9 Å². The number of halogens is 4. The molecule has 29 heavy (non-hydrogen) atoms. The fraction of sp³-hybridized carbons (Fsp3) is 0.286. The lowest BCUT2D eigenvalue weighted by Gasteiger charge is -2.36. The Labute approximate surface area is 164 Å². The number of hydrogen-bond donors (Lipinski definition) is 1. The number of aromatic nitrogens is 1. The molecule has 1 fully saturated rings. The predicted octanol–water partition coefficient (Wildman–Crippen LogP) is 4.81. The van der Waals surface area contributed by atoms with Crippen LogP contribution in [0.2, 0.25) is 0 Å². The van der Waals surface area contributed by atoms with E-state index in [-0.39, 0.29) is 23.7 Å². The van der Waals surface area contributed by atoms with E-state index >= 15 is 0 Å². The Morgan fingerprint density at radius 1 is 1.07 bits per heavy atom. The highest BCUT2D eigenvalue weighted by Crippen LogP contribution is 2.31. The van der Waals surface area contributed by atoms with Crippen molar-refractivity contribution >= 4 is 10.8 Å². The molecule has 4 nitrogen and oxygen atoms in total. The summed E-state index contributed by atoms with van der Waals surface area (Å²) in [6.45, 7) is -2.74. The Bertz CT molecular complexity index is 1010. The third kappa shape index (κ3) is 4.42. The molecule has 2 aromatic carbocycles. The molecule has 1 aliphatic carbocycles. The Hall–Kier alpha value is -2.87. The Morgan fingerprint density at radius 2 is 1.86 bits per heavy atom. The van der Waals surface area contributed by atoms with Crippen molar-refractivity contribution in [1.29, 1.82) is 0 Å². The van der Waals surface area contributed by atoms with Crippen LogP contribution < -0.4 is 14.8 Å². The molecule has 0 atom stereocenters. The standard InChI is InChI=1S/C21H18F4N2O2/c22-18-3-1-12-10-26-6-5-16(12)17(18)11-27-13-7-15(8-13)28-14-2-4-19(23)20(9-14)29-21(24)25/h1-6,9-10,13,15,21,27H,7-8,11H2/t13-,15-. The highest BCUT2D eigenvalue weighted by molar-refractivity contribution is 5.84. The van der Waals surface area contributed by atoms with Crippen LogP contribution in [0.4, 0.5) is 17.6 Å². The molecule has 1 aliphatic rings. The van der Waals surface area contributed by atoms with Gasteiger partial charge in [-0.3, -0.25) is 4.98 Å². The van der Waals surface area contributed by atoms with Gasteiger partial charge in [0, 0.05) is 42.0 Å². The normalized spacial score (nSPS) is 18.7. The second kappa shape index (κ2) is 8.24. The molecule has 1 heterocycles. The Balaban J connectivity index is 1.32. The predicted molar refractivity (Wildman–Crippen MR) is 99.0 cm³/mol. The molecular formula is C21H18F4N2O2. The first-order chi connectivity index (χ1) is 14.0. The van der Waals surface area contributed by atoms with Crippen LogP contribution in [0, 0.1) is 11.6 Å². The van der Waals surface area contributed by atoms with Gasteiger partial charge in [-0.1, -0.05) is 0 Å². The number of nitrogens with zero attached hydrogens (tertiary/aromatic N) is 1. The Kier molecular flexibility index (Phi) is 5.53. The van der Waals surface area contributed by atoms with E-state index in [2.05, 4.69) is 15.0 Å². The van der Waals surface area contributed by atoms with E-state index in [1.54, 1.807) is 24.5 Å². The number of pyridine rings is 1. The van der Waals surface area contributed by atoms with E-state index in [0.29, 0.717) is 24.9 Å². The van der Waals surface area contributed by atoms with Crippen LogP contribution in [0.15, 0.2) is 48.8 Å². The van der Waals surface area contributed by atoms with Gasteiger partial charge >= 0.3 is 6.61 Å². The van der Waals surface area contributed by atoms with Gasteiger partial charge in [-0.25, -0.2) is 8.78 Å².